The van der Waals surface area contributed by atoms with Crippen LogP contribution in [0.3, 0.4) is 0 Å². The quantitative estimate of drug-likeness (QED) is 0.586. The topological polar surface area (TPSA) is 62.4 Å². The molecule has 2 aromatic carbocycles. The van der Waals surface area contributed by atoms with E-state index in [9.17, 15) is 9.18 Å². The highest BCUT2D eigenvalue weighted by molar-refractivity contribution is 7.80. The van der Waals surface area contributed by atoms with Crippen LogP contribution in [0.15, 0.2) is 42.5 Å². The van der Waals surface area contributed by atoms with Gasteiger partial charge >= 0.3 is 0 Å². The summed E-state index contributed by atoms with van der Waals surface area (Å²) in [5.41, 5.74) is 7.04. The van der Waals surface area contributed by atoms with Gasteiger partial charge in [-0.05, 0) is 37.3 Å². The third-order valence-corrected chi connectivity index (χ3v) is 3.43. The molecule has 1 amide bonds. The summed E-state index contributed by atoms with van der Waals surface area (Å²) in [6.07, 6.45) is 0.125. The SMILES string of the molecule is COc1ccc(C)cc1CC(=O)NNC(=S)Nc1ccccc1F. The molecule has 5 nitrogen and oxygen atoms in total. The third kappa shape index (κ3) is 4.92. The van der Waals surface area contributed by atoms with Crippen LogP contribution in [0.5, 0.6) is 5.75 Å². The zero-order valence-electron chi connectivity index (χ0n) is 13.4. The molecule has 7 heteroatoms. The summed E-state index contributed by atoms with van der Waals surface area (Å²) in [6, 6.07) is 11.7. The lowest BCUT2D eigenvalue weighted by molar-refractivity contribution is -0.121. The van der Waals surface area contributed by atoms with E-state index < -0.39 is 5.82 Å². The smallest absolute Gasteiger partial charge is 0.242 e. The van der Waals surface area contributed by atoms with Crippen molar-refractivity contribution in [2.24, 2.45) is 0 Å². The average Bonchev–Trinajstić information content (AvgIpc) is 2.55. The number of carbonyl (C=O) groups is 1. The van der Waals surface area contributed by atoms with Crippen molar-refractivity contribution in [1.29, 1.82) is 0 Å². The number of benzene rings is 2. The Kier molecular flexibility index (Phi) is 6.08. The molecule has 0 aliphatic carbocycles. The molecule has 0 bridgehead atoms. The minimum absolute atomic E-state index is 0.0876. The van der Waals surface area contributed by atoms with Crippen LogP contribution in [0.2, 0.25) is 0 Å². The van der Waals surface area contributed by atoms with Crippen LogP contribution in [-0.2, 0) is 11.2 Å². The Morgan fingerprint density at radius 3 is 2.67 bits per heavy atom. The molecule has 0 saturated heterocycles. The first-order valence-corrected chi connectivity index (χ1v) is 7.64. The van der Waals surface area contributed by atoms with Gasteiger partial charge in [0.2, 0.25) is 5.91 Å². The molecule has 0 spiro atoms. The van der Waals surface area contributed by atoms with Crippen molar-refractivity contribution in [3.63, 3.8) is 0 Å². The van der Waals surface area contributed by atoms with Gasteiger partial charge in [0.25, 0.3) is 0 Å². The monoisotopic (exact) mass is 347 g/mol. The molecule has 0 aliphatic rings. The summed E-state index contributed by atoms with van der Waals surface area (Å²) < 4.78 is 18.7. The van der Waals surface area contributed by atoms with E-state index in [2.05, 4.69) is 16.2 Å². The van der Waals surface area contributed by atoms with E-state index in [1.54, 1.807) is 25.3 Å². The van der Waals surface area contributed by atoms with Gasteiger partial charge in [-0.2, -0.15) is 0 Å². The van der Waals surface area contributed by atoms with Crippen LogP contribution < -0.4 is 20.9 Å². The molecule has 0 radical (unpaired) electrons. The van der Waals surface area contributed by atoms with Crippen LogP contribution in [-0.4, -0.2) is 18.1 Å². The number of anilines is 1. The molecule has 2 aromatic rings. The third-order valence-electron chi connectivity index (χ3n) is 3.22. The van der Waals surface area contributed by atoms with Crippen LogP contribution in [0.4, 0.5) is 10.1 Å². The summed E-state index contributed by atoms with van der Waals surface area (Å²) >= 11 is 5.02. The molecule has 0 aliphatic heterocycles. The number of hydrogen-bond donors (Lipinski definition) is 3. The number of halogens is 1. The minimum Gasteiger partial charge on any atom is -0.496 e. The molecule has 0 heterocycles. The molecular formula is C17H18FN3O2S. The van der Waals surface area contributed by atoms with Crippen LogP contribution in [0.25, 0.3) is 0 Å². The Hall–Kier alpha value is -2.67. The van der Waals surface area contributed by atoms with Crippen LogP contribution in [0, 0.1) is 12.7 Å². The number of thiocarbonyl (C=S) groups is 1. The second-order valence-corrected chi connectivity index (χ2v) is 5.51. The number of ether oxygens (including phenoxy) is 1. The standard InChI is InChI=1S/C17H18FN3O2S/c1-11-7-8-15(23-2)12(9-11)10-16(22)20-21-17(24)19-14-6-4-3-5-13(14)18/h3-9H,10H2,1-2H3,(H,20,22)(H2,19,21,24). The Morgan fingerprint density at radius 2 is 1.96 bits per heavy atom. The number of nitrogens with one attached hydrogen (secondary N) is 3. The summed E-state index contributed by atoms with van der Waals surface area (Å²) in [7, 11) is 1.55. The van der Waals surface area contributed by atoms with E-state index in [1.165, 1.54) is 6.07 Å². The van der Waals surface area contributed by atoms with E-state index in [0.717, 1.165) is 11.1 Å². The predicted molar refractivity (Wildman–Crippen MR) is 95.3 cm³/mol. The van der Waals surface area contributed by atoms with Gasteiger partial charge < -0.3 is 10.1 Å². The lowest BCUT2D eigenvalue weighted by atomic mass is 10.1. The van der Waals surface area contributed by atoms with Crippen molar-refractivity contribution in [1.82, 2.24) is 10.9 Å². The lowest BCUT2D eigenvalue weighted by Crippen LogP contribution is -2.44. The first-order chi connectivity index (χ1) is 11.5. The first kappa shape index (κ1) is 17.7. The average molecular weight is 347 g/mol. The number of hydrogen-bond acceptors (Lipinski definition) is 3. The Labute approximate surface area is 145 Å². The lowest BCUT2D eigenvalue weighted by Gasteiger charge is -2.13. The van der Waals surface area contributed by atoms with Crippen molar-refractivity contribution in [3.05, 3.63) is 59.4 Å². The highest BCUT2D eigenvalue weighted by atomic mass is 32.1. The number of aryl methyl sites for hydroxylation is 1. The Balaban J connectivity index is 1.88. The summed E-state index contributed by atoms with van der Waals surface area (Å²) in [6.45, 7) is 1.94. The van der Waals surface area contributed by atoms with Gasteiger partial charge in [0.15, 0.2) is 5.11 Å². The fourth-order valence-electron chi connectivity index (χ4n) is 2.11. The minimum atomic E-state index is -0.433. The van der Waals surface area contributed by atoms with Gasteiger partial charge in [0, 0.05) is 5.56 Å². The second kappa shape index (κ2) is 8.26. The maximum absolute atomic E-state index is 13.5. The molecule has 0 unspecified atom stereocenters. The summed E-state index contributed by atoms with van der Waals surface area (Å²) in [4.78, 5) is 12.0. The van der Waals surface area contributed by atoms with Crippen molar-refractivity contribution in [3.8, 4) is 5.75 Å². The number of methoxy groups -OCH3 is 1. The normalized spacial score (nSPS) is 9.96. The van der Waals surface area contributed by atoms with Crippen LogP contribution in [0.1, 0.15) is 11.1 Å². The molecule has 3 N–H and O–H groups in total. The number of amides is 1. The zero-order chi connectivity index (χ0) is 17.5. The Morgan fingerprint density at radius 1 is 1.21 bits per heavy atom. The maximum atomic E-state index is 13.5. The van der Waals surface area contributed by atoms with Gasteiger partial charge in [-0.15, -0.1) is 0 Å². The van der Waals surface area contributed by atoms with E-state index in [1.807, 2.05) is 25.1 Å². The van der Waals surface area contributed by atoms with Crippen molar-refractivity contribution >= 4 is 28.9 Å². The van der Waals surface area contributed by atoms with Gasteiger partial charge in [-0.1, -0.05) is 29.8 Å². The highest BCUT2D eigenvalue weighted by Crippen LogP contribution is 2.20. The number of para-hydroxylation sites is 1. The fraction of sp³-hybridized carbons (Fsp3) is 0.176. The second-order valence-electron chi connectivity index (χ2n) is 5.10. The van der Waals surface area contributed by atoms with E-state index in [-0.39, 0.29) is 23.1 Å². The van der Waals surface area contributed by atoms with Crippen LogP contribution >= 0.6 is 12.2 Å². The van der Waals surface area contributed by atoms with Gasteiger partial charge in [-0.25, -0.2) is 4.39 Å². The zero-order valence-corrected chi connectivity index (χ0v) is 14.2. The largest absolute Gasteiger partial charge is 0.496 e. The van der Waals surface area contributed by atoms with E-state index in [4.69, 9.17) is 17.0 Å². The molecule has 24 heavy (non-hydrogen) atoms. The molecular weight excluding hydrogens is 329 g/mol. The number of hydrazine groups is 1. The van der Waals surface area contributed by atoms with E-state index in [0.29, 0.717) is 5.75 Å². The van der Waals surface area contributed by atoms with Gasteiger partial charge in [0.05, 0.1) is 19.2 Å². The molecule has 0 atom stereocenters. The fourth-order valence-corrected chi connectivity index (χ4v) is 2.27. The van der Waals surface area contributed by atoms with E-state index >= 15 is 0 Å². The number of carbonyl (C=O) groups excluding carboxylic acids is 1. The maximum Gasteiger partial charge on any atom is 0.242 e. The van der Waals surface area contributed by atoms with Crippen molar-refractivity contribution in [2.75, 3.05) is 12.4 Å². The predicted octanol–water partition coefficient (Wildman–Crippen LogP) is 2.70. The number of rotatable bonds is 4. The summed E-state index contributed by atoms with van der Waals surface area (Å²) in [5.74, 6) is -0.0862. The molecule has 0 fully saturated rings. The van der Waals surface area contributed by atoms with Gasteiger partial charge in [-0.3, -0.25) is 15.6 Å². The molecule has 126 valence electrons. The summed E-state index contributed by atoms with van der Waals surface area (Å²) in [5, 5.41) is 2.75. The van der Waals surface area contributed by atoms with Crippen molar-refractivity contribution < 1.29 is 13.9 Å². The van der Waals surface area contributed by atoms with Crippen molar-refractivity contribution in [2.45, 2.75) is 13.3 Å². The Bertz CT molecular complexity index is 752. The molecule has 0 aromatic heterocycles. The first-order valence-electron chi connectivity index (χ1n) is 7.23. The van der Waals surface area contributed by atoms with Gasteiger partial charge in [0.1, 0.15) is 11.6 Å². The highest BCUT2D eigenvalue weighted by Gasteiger charge is 2.10. The molecule has 0 saturated carbocycles. The molecule has 2 rings (SSSR count).